The molecule has 1 unspecified atom stereocenters. The van der Waals surface area contributed by atoms with Crippen LogP contribution in [0.25, 0.3) is 10.9 Å². The van der Waals surface area contributed by atoms with E-state index in [0.29, 0.717) is 28.6 Å². The Morgan fingerprint density at radius 2 is 2.19 bits per heavy atom. The predicted octanol–water partition coefficient (Wildman–Crippen LogP) is 2.62. The monoisotopic (exact) mass is 354 g/mol. The van der Waals surface area contributed by atoms with Gasteiger partial charge in [-0.05, 0) is 43.7 Å². The quantitative estimate of drug-likeness (QED) is 0.620. The van der Waals surface area contributed by atoms with Crippen molar-refractivity contribution in [3.63, 3.8) is 0 Å². The van der Waals surface area contributed by atoms with Crippen LogP contribution < -0.4 is 21.1 Å². The first kappa shape index (κ1) is 16.5. The van der Waals surface area contributed by atoms with E-state index in [9.17, 15) is 4.39 Å². The average molecular weight is 354 g/mol. The van der Waals surface area contributed by atoms with Crippen molar-refractivity contribution < 1.29 is 9.13 Å². The number of nitrogens with two attached hydrogens (primary N) is 1. The molecule has 0 aliphatic carbocycles. The first-order valence-electron chi connectivity index (χ1n) is 8.50. The number of nitrogens with zero attached hydrogens (tertiary/aromatic N) is 3. The lowest BCUT2D eigenvalue weighted by Crippen LogP contribution is -2.37. The van der Waals surface area contributed by atoms with Crippen molar-refractivity contribution in [2.24, 2.45) is 0 Å². The van der Waals surface area contributed by atoms with E-state index in [2.05, 4.69) is 25.6 Å². The molecule has 3 aromatic rings. The standard InChI is InChI=1S/C18H19FN6O/c19-13-7-11(20)8-15-16(13)17(24-10-23-15)25-14-4-2-6-22-18(14)26-12-3-1-5-21-9-12/h2,4,6-8,10,12,21H,1,3,5,9,20H2,(H,23,24,25). The number of ether oxygens (including phenoxy) is 1. The minimum absolute atomic E-state index is 0.0536. The van der Waals surface area contributed by atoms with Gasteiger partial charge in [0.15, 0.2) is 0 Å². The topological polar surface area (TPSA) is 98.0 Å². The maximum Gasteiger partial charge on any atom is 0.238 e. The van der Waals surface area contributed by atoms with E-state index in [1.807, 2.05) is 6.07 Å². The van der Waals surface area contributed by atoms with Crippen molar-refractivity contribution in [2.75, 3.05) is 24.1 Å². The fraction of sp³-hybridized carbons (Fsp3) is 0.278. The van der Waals surface area contributed by atoms with Crippen LogP contribution in [0.5, 0.6) is 5.88 Å². The molecular formula is C18H19FN6O. The summed E-state index contributed by atoms with van der Waals surface area (Å²) >= 11 is 0. The Hall–Kier alpha value is -3.00. The molecule has 1 saturated heterocycles. The molecule has 1 fully saturated rings. The SMILES string of the molecule is Nc1cc(F)c2c(Nc3cccnc3OC3CCCNC3)ncnc2c1. The number of halogens is 1. The number of fused-ring (bicyclic) bond motifs is 1. The lowest BCUT2D eigenvalue weighted by molar-refractivity contribution is 0.161. The van der Waals surface area contributed by atoms with Crippen molar-refractivity contribution >= 4 is 28.1 Å². The second-order valence-electron chi connectivity index (χ2n) is 6.19. The molecule has 0 bridgehead atoms. The minimum Gasteiger partial charge on any atom is -0.472 e. The zero-order valence-electron chi connectivity index (χ0n) is 14.1. The van der Waals surface area contributed by atoms with Crippen molar-refractivity contribution in [3.05, 3.63) is 42.6 Å². The van der Waals surface area contributed by atoms with Crippen molar-refractivity contribution in [2.45, 2.75) is 18.9 Å². The Balaban J connectivity index is 1.67. The third kappa shape index (κ3) is 3.36. The third-order valence-corrected chi connectivity index (χ3v) is 4.27. The van der Waals surface area contributed by atoms with Crippen molar-refractivity contribution in [1.82, 2.24) is 20.3 Å². The highest BCUT2D eigenvalue weighted by molar-refractivity contribution is 5.93. The van der Waals surface area contributed by atoms with Crippen LogP contribution in [0.4, 0.5) is 21.6 Å². The molecule has 1 atom stereocenters. The predicted molar refractivity (Wildman–Crippen MR) is 97.9 cm³/mol. The van der Waals surface area contributed by atoms with Crippen LogP contribution in [0.2, 0.25) is 0 Å². The highest BCUT2D eigenvalue weighted by Gasteiger charge is 2.18. The second kappa shape index (κ2) is 7.09. The van der Waals surface area contributed by atoms with Crippen LogP contribution in [0.15, 0.2) is 36.8 Å². The molecule has 1 aromatic carbocycles. The molecule has 26 heavy (non-hydrogen) atoms. The van der Waals surface area contributed by atoms with Gasteiger partial charge in [-0.25, -0.2) is 19.3 Å². The average Bonchev–Trinajstić information content (AvgIpc) is 2.64. The van der Waals surface area contributed by atoms with Gasteiger partial charge >= 0.3 is 0 Å². The Morgan fingerprint density at radius 1 is 1.27 bits per heavy atom. The number of rotatable bonds is 4. The molecule has 0 amide bonds. The molecule has 4 rings (SSSR count). The molecule has 7 nitrogen and oxygen atoms in total. The lowest BCUT2D eigenvalue weighted by atomic mass is 10.1. The Bertz CT molecular complexity index is 929. The van der Waals surface area contributed by atoms with Crippen molar-refractivity contribution in [1.29, 1.82) is 0 Å². The maximum atomic E-state index is 14.4. The summed E-state index contributed by atoms with van der Waals surface area (Å²) in [6.45, 7) is 1.78. The molecule has 0 spiro atoms. The summed E-state index contributed by atoms with van der Waals surface area (Å²) in [5, 5.41) is 6.71. The Labute approximate surface area is 149 Å². The molecule has 1 aliphatic heterocycles. The third-order valence-electron chi connectivity index (χ3n) is 4.27. The van der Waals surface area contributed by atoms with Gasteiger partial charge in [0, 0.05) is 18.4 Å². The number of pyridine rings is 1. The van der Waals surface area contributed by atoms with Crippen LogP contribution in [-0.2, 0) is 0 Å². The Kier molecular flexibility index (Phi) is 4.49. The molecular weight excluding hydrogens is 335 g/mol. The number of benzene rings is 1. The van der Waals surface area contributed by atoms with Gasteiger partial charge in [-0.1, -0.05) is 0 Å². The maximum absolute atomic E-state index is 14.4. The number of aromatic nitrogens is 3. The molecule has 2 aromatic heterocycles. The zero-order valence-corrected chi connectivity index (χ0v) is 14.1. The fourth-order valence-electron chi connectivity index (χ4n) is 3.04. The van der Waals surface area contributed by atoms with E-state index in [4.69, 9.17) is 10.5 Å². The van der Waals surface area contributed by atoms with Crippen LogP contribution >= 0.6 is 0 Å². The van der Waals surface area contributed by atoms with Gasteiger partial charge in [0.25, 0.3) is 0 Å². The summed E-state index contributed by atoms with van der Waals surface area (Å²) < 4.78 is 20.5. The normalized spacial score (nSPS) is 17.2. The van der Waals surface area contributed by atoms with Crippen LogP contribution in [-0.4, -0.2) is 34.1 Å². The van der Waals surface area contributed by atoms with Gasteiger partial charge in [-0.15, -0.1) is 0 Å². The van der Waals surface area contributed by atoms with E-state index in [-0.39, 0.29) is 11.5 Å². The number of piperidine rings is 1. The smallest absolute Gasteiger partial charge is 0.238 e. The summed E-state index contributed by atoms with van der Waals surface area (Å²) in [5.41, 5.74) is 7.07. The first-order valence-corrected chi connectivity index (χ1v) is 8.50. The summed E-state index contributed by atoms with van der Waals surface area (Å²) in [6.07, 6.45) is 5.11. The van der Waals surface area contributed by atoms with E-state index >= 15 is 0 Å². The first-order chi connectivity index (χ1) is 12.7. The van der Waals surface area contributed by atoms with Gasteiger partial charge in [0.1, 0.15) is 29.8 Å². The van der Waals surface area contributed by atoms with Gasteiger partial charge in [-0.2, -0.15) is 0 Å². The van der Waals surface area contributed by atoms with Gasteiger partial charge in [0.05, 0.1) is 10.9 Å². The lowest BCUT2D eigenvalue weighted by Gasteiger charge is -2.24. The molecule has 134 valence electrons. The minimum atomic E-state index is -0.481. The van der Waals surface area contributed by atoms with Crippen LogP contribution in [0.1, 0.15) is 12.8 Å². The van der Waals surface area contributed by atoms with Gasteiger partial charge in [0.2, 0.25) is 5.88 Å². The van der Waals surface area contributed by atoms with Crippen LogP contribution in [0, 0.1) is 5.82 Å². The molecule has 0 radical (unpaired) electrons. The summed E-state index contributed by atoms with van der Waals surface area (Å²) in [4.78, 5) is 12.6. The Morgan fingerprint density at radius 3 is 3.04 bits per heavy atom. The molecule has 4 N–H and O–H groups in total. The summed E-state index contributed by atoms with van der Waals surface area (Å²) in [5.74, 6) is 0.321. The number of hydrogen-bond donors (Lipinski definition) is 3. The second-order valence-corrected chi connectivity index (χ2v) is 6.19. The number of nitrogens with one attached hydrogen (secondary N) is 2. The zero-order chi connectivity index (χ0) is 17.9. The van der Waals surface area contributed by atoms with E-state index < -0.39 is 5.82 Å². The number of hydrogen-bond acceptors (Lipinski definition) is 7. The largest absolute Gasteiger partial charge is 0.472 e. The summed E-state index contributed by atoms with van der Waals surface area (Å²) in [7, 11) is 0. The van der Waals surface area contributed by atoms with Crippen LogP contribution in [0.3, 0.4) is 0 Å². The number of anilines is 3. The molecule has 8 heteroatoms. The van der Waals surface area contributed by atoms with E-state index in [0.717, 1.165) is 25.9 Å². The number of nitrogen functional groups attached to an aromatic ring is 1. The highest BCUT2D eigenvalue weighted by Crippen LogP contribution is 2.31. The van der Waals surface area contributed by atoms with Crippen molar-refractivity contribution in [3.8, 4) is 5.88 Å². The van der Waals surface area contributed by atoms with E-state index in [1.165, 1.54) is 12.4 Å². The molecule has 1 aliphatic rings. The molecule has 0 saturated carbocycles. The van der Waals surface area contributed by atoms with E-state index in [1.54, 1.807) is 18.3 Å². The van der Waals surface area contributed by atoms with Gasteiger partial charge in [-0.3, -0.25) is 0 Å². The highest BCUT2D eigenvalue weighted by atomic mass is 19.1. The fourth-order valence-corrected chi connectivity index (χ4v) is 3.04. The summed E-state index contributed by atoms with van der Waals surface area (Å²) in [6, 6.07) is 6.47. The van der Waals surface area contributed by atoms with Gasteiger partial charge < -0.3 is 21.1 Å². The molecule has 3 heterocycles.